The lowest BCUT2D eigenvalue weighted by atomic mass is 9.32. The molecule has 0 aliphatic heterocycles. The number of hydrogen-bond acceptors (Lipinski definition) is 3. The SMILES string of the molecule is C=C(C)[C@@H]1CCC2(C(=O)OC)CC[C@]3(C)C(CCC4[C@@]5(C)C/C(=C\c6ccc(Br)cc6)C(=O)C(C)(C)C5CC[C@]43C)C12. The van der Waals surface area contributed by atoms with Crippen LogP contribution >= 0.6 is 15.9 Å². The number of allylic oxidation sites excluding steroid dienone is 2. The lowest BCUT2D eigenvalue weighted by Gasteiger charge is -2.72. The number of benzene rings is 1. The third-order valence-electron chi connectivity index (χ3n) is 14.5. The molecule has 0 radical (unpaired) electrons. The Morgan fingerprint density at radius 3 is 2.26 bits per heavy atom. The highest BCUT2D eigenvalue weighted by Gasteiger charge is 2.72. The van der Waals surface area contributed by atoms with Crippen LogP contribution in [0.1, 0.15) is 105 Å². The van der Waals surface area contributed by atoms with E-state index in [1.807, 2.05) is 0 Å². The summed E-state index contributed by atoms with van der Waals surface area (Å²) in [6.45, 7) is 18.8. The molecule has 0 spiro atoms. The number of ketones is 1. The average molecular weight is 636 g/mol. The van der Waals surface area contributed by atoms with Gasteiger partial charge in [0, 0.05) is 9.89 Å². The average Bonchev–Trinajstić information content (AvgIpc) is 3.34. The predicted octanol–water partition coefficient (Wildman–Crippen LogP) is 9.84. The molecule has 5 unspecified atom stereocenters. The Hall–Kier alpha value is -1.68. The lowest BCUT2D eigenvalue weighted by molar-refractivity contribution is -0.232. The molecular formula is C38H51BrO3. The maximum Gasteiger partial charge on any atom is 0.312 e. The predicted molar refractivity (Wildman–Crippen MR) is 173 cm³/mol. The van der Waals surface area contributed by atoms with Crippen molar-refractivity contribution in [1.29, 1.82) is 0 Å². The first-order valence-corrected chi connectivity index (χ1v) is 17.2. The Morgan fingerprint density at radius 1 is 0.929 bits per heavy atom. The number of esters is 1. The number of halogens is 1. The second-order valence-electron chi connectivity index (χ2n) is 16.3. The van der Waals surface area contributed by atoms with Gasteiger partial charge in [-0.25, -0.2) is 0 Å². The first kappa shape index (κ1) is 30.4. The third kappa shape index (κ3) is 3.94. The van der Waals surface area contributed by atoms with Gasteiger partial charge in [0.2, 0.25) is 0 Å². The number of fused-ring (bicyclic) bond motifs is 7. The second-order valence-corrected chi connectivity index (χ2v) is 17.2. The van der Waals surface area contributed by atoms with E-state index in [2.05, 4.69) is 94.4 Å². The van der Waals surface area contributed by atoms with Crippen LogP contribution in [-0.2, 0) is 14.3 Å². The number of Topliss-reactive ketones (excluding diaryl/α,β-unsaturated/α-hetero) is 1. The Morgan fingerprint density at radius 2 is 1.62 bits per heavy atom. The molecule has 0 saturated heterocycles. The van der Waals surface area contributed by atoms with Crippen LogP contribution in [0.25, 0.3) is 6.08 Å². The van der Waals surface area contributed by atoms with Crippen molar-refractivity contribution in [3.05, 3.63) is 52.0 Å². The Bertz CT molecular complexity index is 1340. The topological polar surface area (TPSA) is 43.4 Å². The largest absolute Gasteiger partial charge is 0.469 e. The Balaban J connectivity index is 1.41. The molecule has 5 aliphatic carbocycles. The smallest absolute Gasteiger partial charge is 0.312 e. The molecule has 0 aromatic heterocycles. The van der Waals surface area contributed by atoms with Gasteiger partial charge in [0.05, 0.1) is 12.5 Å². The number of hydrogen-bond donors (Lipinski definition) is 0. The van der Waals surface area contributed by atoms with Crippen molar-refractivity contribution in [2.45, 2.75) is 99.3 Å². The van der Waals surface area contributed by atoms with Crippen molar-refractivity contribution in [2.24, 2.45) is 56.7 Å². The van der Waals surface area contributed by atoms with Gasteiger partial charge in [-0.3, -0.25) is 9.59 Å². The fraction of sp³-hybridized carbons (Fsp3) is 0.684. The van der Waals surface area contributed by atoms with Crippen molar-refractivity contribution in [3.8, 4) is 0 Å². The maximum absolute atomic E-state index is 14.1. The highest BCUT2D eigenvalue weighted by Crippen LogP contribution is 2.77. The first-order valence-electron chi connectivity index (χ1n) is 16.4. The van der Waals surface area contributed by atoms with Crippen LogP contribution in [0.4, 0.5) is 0 Å². The summed E-state index contributed by atoms with van der Waals surface area (Å²) in [4.78, 5) is 27.6. The molecule has 4 heteroatoms. The summed E-state index contributed by atoms with van der Waals surface area (Å²) in [5.41, 5.74) is 2.98. The van der Waals surface area contributed by atoms with E-state index < -0.39 is 0 Å². The number of ether oxygens (including phenoxy) is 1. The highest BCUT2D eigenvalue weighted by molar-refractivity contribution is 9.10. The van der Waals surface area contributed by atoms with Gasteiger partial charge in [-0.15, -0.1) is 0 Å². The minimum atomic E-state index is -0.379. The summed E-state index contributed by atoms with van der Waals surface area (Å²) >= 11 is 3.56. The summed E-state index contributed by atoms with van der Waals surface area (Å²) in [6.07, 6.45) is 11.7. The molecule has 9 atom stereocenters. The number of rotatable bonds is 3. The summed E-state index contributed by atoms with van der Waals surface area (Å²) in [7, 11) is 1.59. The molecule has 0 bridgehead atoms. The van der Waals surface area contributed by atoms with Gasteiger partial charge in [0.1, 0.15) is 0 Å². The summed E-state index contributed by atoms with van der Waals surface area (Å²) in [5, 5.41) is 0. The van der Waals surface area contributed by atoms with E-state index in [0.29, 0.717) is 35.4 Å². The molecule has 5 aliphatic rings. The molecule has 3 nitrogen and oxygen atoms in total. The molecule has 42 heavy (non-hydrogen) atoms. The van der Waals surface area contributed by atoms with Crippen LogP contribution in [0.15, 0.2) is 46.5 Å². The van der Waals surface area contributed by atoms with Crippen LogP contribution in [0, 0.1) is 56.7 Å². The molecule has 1 aromatic rings. The van der Waals surface area contributed by atoms with E-state index in [1.165, 1.54) is 18.4 Å². The van der Waals surface area contributed by atoms with E-state index in [-0.39, 0.29) is 33.0 Å². The number of carbonyl (C=O) groups is 2. The van der Waals surface area contributed by atoms with Crippen molar-refractivity contribution in [2.75, 3.05) is 7.11 Å². The summed E-state index contributed by atoms with van der Waals surface area (Å²) in [5.74, 6) is 2.50. The third-order valence-corrected chi connectivity index (χ3v) is 15.0. The molecule has 6 rings (SSSR count). The quantitative estimate of drug-likeness (QED) is 0.189. The van der Waals surface area contributed by atoms with E-state index in [4.69, 9.17) is 4.74 Å². The molecule has 5 saturated carbocycles. The fourth-order valence-corrected chi connectivity index (χ4v) is 12.7. The van der Waals surface area contributed by atoms with E-state index in [1.54, 1.807) is 7.11 Å². The van der Waals surface area contributed by atoms with Crippen LogP contribution in [0.2, 0.25) is 0 Å². The molecule has 1 aromatic carbocycles. The van der Waals surface area contributed by atoms with Gasteiger partial charge in [0.15, 0.2) is 5.78 Å². The van der Waals surface area contributed by atoms with Gasteiger partial charge < -0.3 is 4.74 Å². The van der Waals surface area contributed by atoms with E-state index in [9.17, 15) is 9.59 Å². The summed E-state index contributed by atoms with van der Waals surface area (Å²) in [6, 6.07) is 8.35. The van der Waals surface area contributed by atoms with Gasteiger partial charge in [0.25, 0.3) is 0 Å². The molecule has 0 N–H and O–H groups in total. The van der Waals surface area contributed by atoms with Gasteiger partial charge in [-0.1, -0.05) is 74.8 Å². The number of carbonyl (C=O) groups excluding carboxylic acids is 2. The second kappa shape index (κ2) is 9.91. The Kier molecular flexibility index (Phi) is 7.16. The molecule has 228 valence electrons. The highest BCUT2D eigenvalue weighted by atomic mass is 79.9. The zero-order valence-electron chi connectivity index (χ0n) is 26.9. The molecule has 0 amide bonds. The minimum absolute atomic E-state index is 0.0245. The standard InChI is InChI=1S/C38H51BrO3/c1-23(2)27-15-18-38(33(41)42-8)20-19-36(6)28(31(27)38)13-14-30-35(5)22-25(21-24-9-11-26(39)12-10-24)32(40)34(3,4)29(35)16-17-37(30,36)7/h9-12,21,27-31H,1,13-20,22H2,2-8H3/b25-21+/t27-,28?,29?,30?,31?,35-,36+,37+,38?/m0/s1. The molecule has 0 heterocycles. The first-order chi connectivity index (χ1) is 19.7. The van der Waals surface area contributed by atoms with Crippen LogP contribution in [0.5, 0.6) is 0 Å². The van der Waals surface area contributed by atoms with Gasteiger partial charge >= 0.3 is 5.97 Å². The van der Waals surface area contributed by atoms with Crippen LogP contribution < -0.4 is 0 Å². The lowest BCUT2D eigenvalue weighted by Crippen LogP contribution is -2.67. The van der Waals surface area contributed by atoms with E-state index in [0.717, 1.165) is 60.6 Å². The zero-order valence-corrected chi connectivity index (χ0v) is 28.5. The zero-order chi connectivity index (χ0) is 30.5. The molecular weight excluding hydrogens is 584 g/mol. The normalized spacial score (nSPS) is 44.9. The van der Waals surface area contributed by atoms with Crippen LogP contribution in [-0.4, -0.2) is 18.9 Å². The van der Waals surface area contributed by atoms with Gasteiger partial charge in [-0.2, -0.15) is 0 Å². The Labute approximate surface area is 262 Å². The maximum atomic E-state index is 14.1. The van der Waals surface area contributed by atoms with Crippen molar-refractivity contribution >= 4 is 33.8 Å². The number of methoxy groups -OCH3 is 1. The van der Waals surface area contributed by atoms with Crippen molar-refractivity contribution in [1.82, 2.24) is 0 Å². The van der Waals surface area contributed by atoms with Crippen molar-refractivity contribution in [3.63, 3.8) is 0 Å². The fourth-order valence-electron chi connectivity index (χ4n) is 12.4. The minimum Gasteiger partial charge on any atom is -0.469 e. The van der Waals surface area contributed by atoms with Gasteiger partial charge in [-0.05, 0) is 140 Å². The molecule has 5 fully saturated rings. The summed E-state index contributed by atoms with van der Waals surface area (Å²) < 4.78 is 6.60. The van der Waals surface area contributed by atoms with Crippen LogP contribution in [0.3, 0.4) is 0 Å². The van der Waals surface area contributed by atoms with Crippen molar-refractivity contribution < 1.29 is 14.3 Å². The van der Waals surface area contributed by atoms with E-state index >= 15 is 0 Å². The monoisotopic (exact) mass is 634 g/mol.